The van der Waals surface area contributed by atoms with Crippen LogP contribution in [0.15, 0.2) is 54.9 Å². The third-order valence-corrected chi connectivity index (χ3v) is 5.72. The fourth-order valence-electron chi connectivity index (χ4n) is 4.05. The average molecular weight is 398 g/mol. The van der Waals surface area contributed by atoms with E-state index in [1.807, 2.05) is 47.4 Å². The number of aliphatic hydroxyl groups excluding tert-OH is 2. The van der Waals surface area contributed by atoms with Gasteiger partial charge in [-0.1, -0.05) is 24.3 Å². The Morgan fingerprint density at radius 1 is 1.25 bits per heavy atom. The second-order valence-corrected chi connectivity index (χ2v) is 7.54. The standard InChI is InChI=1S/C20H22N4O3S/c25-15-9-14(19(27)22-11-12-5-4-8-21-10-12)17-16(18(15)26)23-20(28)24(17)13-6-2-1-3-7-13/h1-8,10,14-18,25-26H,9,11H2,(H,22,27)(H,23,28)/t14-,15-,16-,17+,18+/m1/s1. The van der Waals surface area contributed by atoms with E-state index >= 15 is 0 Å². The molecule has 8 heteroatoms. The predicted octanol–water partition coefficient (Wildman–Crippen LogP) is 0.571. The van der Waals surface area contributed by atoms with Crippen LogP contribution in [0.3, 0.4) is 0 Å². The second kappa shape index (κ2) is 7.83. The van der Waals surface area contributed by atoms with Gasteiger partial charge < -0.3 is 25.7 Å². The highest BCUT2D eigenvalue weighted by atomic mass is 32.1. The molecule has 1 aliphatic carbocycles. The lowest BCUT2D eigenvalue weighted by Gasteiger charge is -2.41. The summed E-state index contributed by atoms with van der Waals surface area (Å²) in [6, 6.07) is 12.3. The van der Waals surface area contributed by atoms with Crippen LogP contribution in [0.25, 0.3) is 0 Å². The van der Waals surface area contributed by atoms with E-state index in [1.54, 1.807) is 12.4 Å². The molecule has 1 aliphatic heterocycles. The predicted molar refractivity (Wildman–Crippen MR) is 108 cm³/mol. The van der Waals surface area contributed by atoms with Gasteiger partial charge in [0.25, 0.3) is 0 Å². The second-order valence-electron chi connectivity index (χ2n) is 7.15. The number of rotatable bonds is 4. The number of para-hydroxylation sites is 1. The van der Waals surface area contributed by atoms with Crippen molar-refractivity contribution in [3.63, 3.8) is 0 Å². The van der Waals surface area contributed by atoms with Crippen LogP contribution in [0.2, 0.25) is 0 Å². The monoisotopic (exact) mass is 398 g/mol. The number of benzene rings is 1. The molecule has 1 aromatic heterocycles. The summed E-state index contributed by atoms with van der Waals surface area (Å²) in [6.45, 7) is 0.350. The molecule has 4 N–H and O–H groups in total. The number of pyridine rings is 1. The van der Waals surface area contributed by atoms with Crippen molar-refractivity contribution in [1.82, 2.24) is 15.6 Å². The Morgan fingerprint density at radius 2 is 2.04 bits per heavy atom. The van der Waals surface area contributed by atoms with Crippen LogP contribution in [0.5, 0.6) is 0 Å². The molecular weight excluding hydrogens is 376 g/mol. The summed E-state index contributed by atoms with van der Waals surface area (Å²) in [4.78, 5) is 19.0. The van der Waals surface area contributed by atoms with Gasteiger partial charge in [0.15, 0.2) is 5.11 Å². The molecule has 0 bridgehead atoms. The number of hydrogen-bond donors (Lipinski definition) is 4. The van der Waals surface area contributed by atoms with E-state index in [0.717, 1.165) is 11.3 Å². The van der Waals surface area contributed by atoms with Gasteiger partial charge in [0.1, 0.15) is 6.10 Å². The first kappa shape index (κ1) is 18.8. The first-order valence-corrected chi connectivity index (χ1v) is 9.64. The summed E-state index contributed by atoms with van der Waals surface area (Å²) in [5, 5.41) is 27.3. The molecule has 2 aromatic rings. The molecule has 146 valence electrons. The van der Waals surface area contributed by atoms with E-state index in [-0.39, 0.29) is 18.4 Å². The van der Waals surface area contributed by atoms with Crippen molar-refractivity contribution in [3.05, 3.63) is 60.4 Å². The van der Waals surface area contributed by atoms with E-state index in [2.05, 4.69) is 15.6 Å². The van der Waals surface area contributed by atoms with E-state index in [1.165, 1.54) is 0 Å². The first-order chi connectivity index (χ1) is 13.6. The average Bonchev–Trinajstić information content (AvgIpc) is 3.07. The van der Waals surface area contributed by atoms with Crippen molar-refractivity contribution < 1.29 is 15.0 Å². The number of thiocarbonyl (C=S) groups is 1. The SMILES string of the molecule is O=C(NCc1cccnc1)[C@@H]1C[C@@H](O)[C@H](O)[C@@H]2NC(=S)N(c3ccccc3)[C@H]21. The van der Waals surface area contributed by atoms with Crippen molar-refractivity contribution in [2.24, 2.45) is 5.92 Å². The Balaban J connectivity index is 1.59. The van der Waals surface area contributed by atoms with Crippen LogP contribution >= 0.6 is 12.2 Å². The molecular formula is C20H22N4O3S. The van der Waals surface area contributed by atoms with Crippen LogP contribution in [0.1, 0.15) is 12.0 Å². The van der Waals surface area contributed by atoms with Gasteiger partial charge in [0.2, 0.25) is 5.91 Å². The molecule has 7 nitrogen and oxygen atoms in total. The molecule has 0 unspecified atom stereocenters. The zero-order valence-corrected chi connectivity index (χ0v) is 15.9. The Morgan fingerprint density at radius 3 is 2.75 bits per heavy atom. The van der Waals surface area contributed by atoms with Gasteiger partial charge in [-0.25, -0.2) is 0 Å². The number of anilines is 1. The Labute approximate surface area is 168 Å². The van der Waals surface area contributed by atoms with Crippen molar-refractivity contribution in [2.45, 2.75) is 37.3 Å². The molecule has 1 aromatic carbocycles. The van der Waals surface area contributed by atoms with Gasteiger partial charge in [-0.3, -0.25) is 9.78 Å². The van der Waals surface area contributed by atoms with Crippen LogP contribution in [-0.4, -0.2) is 50.5 Å². The van der Waals surface area contributed by atoms with E-state index in [9.17, 15) is 15.0 Å². The molecule has 4 rings (SSSR count). The third kappa shape index (κ3) is 3.46. The fourth-order valence-corrected chi connectivity index (χ4v) is 4.42. The minimum absolute atomic E-state index is 0.162. The molecule has 1 saturated carbocycles. The number of aliphatic hydroxyl groups is 2. The summed E-state index contributed by atoms with van der Waals surface area (Å²) < 4.78 is 0. The lowest BCUT2D eigenvalue weighted by Crippen LogP contribution is -2.60. The number of carbonyl (C=O) groups is 1. The van der Waals surface area contributed by atoms with Gasteiger partial charge in [-0.2, -0.15) is 0 Å². The summed E-state index contributed by atoms with van der Waals surface area (Å²) in [6.07, 6.45) is 1.54. The molecule has 2 fully saturated rings. The van der Waals surface area contributed by atoms with E-state index in [0.29, 0.717) is 11.7 Å². The topological polar surface area (TPSA) is 97.7 Å². The molecule has 0 radical (unpaired) electrons. The minimum atomic E-state index is -1.00. The van der Waals surface area contributed by atoms with E-state index < -0.39 is 24.2 Å². The van der Waals surface area contributed by atoms with Crippen LogP contribution < -0.4 is 15.5 Å². The van der Waals surface area contributed by atoms with Crippen molar-refractivity contribution in [1.29, 1.82) is 0 Å². The number of amides is 1. The maximum absolute atomic E-state index is 13.0. The summed E-state index contributed by atoms with van der Waals surface area (Å²) in [7, 11) is 0. The van der Waals surface area contributed by atoms with Crippen molar-refractivity contribution in [3.8, 4) is 0 Å². The molecule has 0 spiro atoms. The Hall–Kier alpha value is -2.55. The van der Waals surface area contributed by atoms with Gasteiger partial charge in [0.05, 0.1) is 24.1 Å². The molecule has 2 aliphatic rings. The highest BCUT2D eigenvalue weighted by Crippen LogP contribution is 2.36. The first-order valence-electron chi connectivity index (χ1n) is 9.24. The number of hydrogen-bond acceptors (Lipinski definition) is 5. The van der Waals surface area contributed by atoms with Gasteiger partial charge in [-0.15, -0.1) is 0 Å². The highest BCUT2D eigenvalue weighted by Gasteiger charge is 2.53. The van der Waals surface area contributed by atoms with Crippen molar-refractivity contribution in [2.75, 3.05) is 4.90 Å². The Bertz CT molecular complexity index is 851. The lowest BCUT2D eigenvalue weighted by atomic mass is 9.77. The Kier molecular flexibility index (Phi) is 5.25. The molecule has 1 amide bonds. The minimum Gasteiger partial charge on any atom is -0.390 e. The quantitative estimate of drug-likeness (QED) is 0.559. The third-order valence-electron chi connectivity index (χ3n) is 5.41. The lowest BCUT2D eigenvalue weighted by molar-refractivity contribution is -0.131. The maximum Gasteiger partial charge on any atom is 0.225 e. The maximum atomic E-state index is 13.0. The smallest absolute Gasteiger partial charge is 0.225 e. The number of nitrogens with zero attached hydrogens (tertiary/aromatic N) is 2. The normalized spacial score (nSPS) is 29.1. The zero-order valence-electron chi connectivity index (χ0n) is 15.1. The van der Waals surface area contributed by atoms with Gasteiger partial charge in [0, 0.05) is 24.6 Å². The summed E-state index contributed by atoms with van der Waals surface area (Å²) in [5.41, 5.74) is 1.74. The zero-order chi connectivity index (χ0) is 19.7. The number of fused-ring (bicyclic) bond motifs is 1. The van der Waals surface area contributed by atoms with Gasteiger partial charge in [-0.05, 0) is 42.4 Å². The largest absolute Gasteiger partial charge is 0.390 e. The van der Waals surface area contributed by atoms with Crippen LogP contribution in [0, 0.1) is 5.92 Å². The highest BCUT2D eigenvalue weighted by molar-refractivity contribution is 7.80. The number of aromatic nitrogens is 1. The molecule has 28 heavy (non-hydrogen) atoms. The molecule has 2 heterocycles. The summed E-state index contributed by atoms with van der Waals surface area (Å²) >= 11 is 5.49. The fraction of sp³-hybridized carbons (Fsp3) is 0.350. The van der Waals surface area contributed by atoms with Crippen molar-refractivity contribution >= 4 is 28.9 Å². The number of carbonyl (C=O) groups excluding carboxylic acids is 1. The number of nitrogens with one attached hydrogen (secondary N) is 2. The van der Waals surface area contributed by atoms with E-state index in [4.69, 9.17) is 12.2 Å². The molecule has 5 atom stereocenters. The van der Waals surface area contributed by atoms with Gasteiger partial charge >= 0.3 is 0 Å². The summed E-state index contributed by atoms with van der Waals surface area (Å²) in [5.74, 6) is -0.717. The van der Waals surface area contributed by atoms with Crippen LogP contribution in [-0.2, 0) is 11.3 Å². The molecule has 1 saturated heterocycles. The van der Waals surface area contributed by atoms with Crippen LogP contribution in [0.4, 0.5) is 5.69 Å².